The van der Waals surface area contributed by atoms with Crippen molar-refractivity contribution in [1.82, 2.24) is 10.2 Å². The van der Waals surface area contributed by atoms with Gasteiger partial charge in [-0.05, 0) is 56.8 Å². The Balaban J connectivity index is 0.00000208. The number of hydrogen-bond acceptors (Lipinski definition) is 3. The maximum atomic E-state index is 13.0. The third-order valence-corrected chi connectivity index (χ3v) is 5.28. The van der Waals surface area contributed by atoms with Gasteiger partial charge >= 0.3 is 0 Å². The Morgan fingerprint density at radius 1 is 1.29 bits per heavy atom. The van der Waals surface area contributed by atoms with Crippen LogP contribution >= 0.6 is 12.4 Å². The molecule has 1 unspecified atom stereocenters. The van der Waals surface area contributed by atoms with Crippen molar-refractivity contribution >= 4 is 24.0 Å². The molecular formula is C19H30ClN3O. The lowest BCUT2D eigenvalue weighted by molar-refractivity contribution is -0.137. The minimum atomic E-state index is 0. The van der Waals surface area contributed by atoms with Gasteiger partial charge in [-0.3, -0.25) is 4.79 Å². The van der Waals surface area contributed by atoms with E-state index in [1.807, 2.05) is 0 Å². The first-order valence-corrected chi connectivity index (χ1v) is 8.87. The summed E-state index contributed by atoms with van der Waals surface area (Å²) in [5, 5.41) is 3.44. The third-order valence-electron chi connectivity index (χ3n) is 5.28. The van der Waals surface area contributed by atoms with E-state index in [0.29, 0.717) is 11.9 Å². The normalized spacial score (nSPS) is 26.8. The highest BCUT2D eigenvalue weighted by molar-refractivity contribution is 5.85. The highest BCUT2D eigenvalue weighted by Crippen LogP contribution is 2.35. The third kappa shape index (κ3) is 4.04. The Hall–Kier alpha value is -1.26. The van der Waals surface area contributed by atoms with Crippen molar-refractivity contribution in [2.24, 2.45) is 5.92 Å². The summed E-state index contributed by atoms with van der Waals surface area (Å²) in [6, 6.07) is 9.36. The lowest BCUT2D eigenvalue weighted by atomic mass is 9.91. The minimum Gasteiger partial charge on any atom is -0.378 e. The molecule has 1 aromatic rings. The van der Waals surface area contributed by atoms with E-state index in [1.165, 1.54) is 11.3 Å². The summed E-state index contributed by atoms with van der Waals surface area (Å²) in [5.74, 6) is 0.569. The van der Waals surface area contributed by atoms with Crippen LogP contribution in [0.2, 0.25) is 0 Å². The Bertz CT molecular complexity index is 563. The first kappa shape index (κ1) is 19.1. The number of amides is 1. The molecule has 0 spiro atoms. The highest BCUT2D eigenvalue weighted by atomic mass is 35.5. The number of benzene rings is 1. The van der Waals surface area contributed by atoms with Crippen molar-refractivity contribution in [2.75, 3.05) is 32.1 Å². The minimum absolute atomic E-state index is 0. The van der Waals surface area contributed by atoms with Gasteiger partial charge in [-0.15, -0.1) is 12.4 Å². The number of nitrogens with zero attached hydrogens (tertiary/aromatic N) is 2. The van der Waals surface area contributed by atoms with Gasteiger partial charge in [0.2, 0.25) is 5.91 Å². The van der Waals surface area contributed by atoms with Crippen molar-refractivity contribution in [3.63, 3.8) is 0 Å². The Morgan fingerprint density at radius 3 is 2.79 bits per heavy atom. The summed E-state index contributed by atoms with van der Waals surface area (Å²) < 4.78 is 0. The molecule has 5 heteroatoms. The highest BCUT2D eigenvalue weighted by Gasteiger charge is 2.35. The second-order valence-electron chi connectivity index (χ2n) is 7.26. The fraction of sp³-hybridized carbons (Fsp3) is 0.632. The smallest absolute Gasteiger partial charge is 0.226 e. The molecule has 3 rings (SSSR count). The van der Waals surface area contributed by atoms with Crippen LogP contribution in [0.3, 0.4) is 0 Å². The lowest BCUT2D eigenvalue weighted by Crippen LogP contribution is -2.44. The summed E-state index contributed by atoms with van der Waals surface area (Å²) in [6.45, 7) is 4.06. The van der Waals surface area contributed by atoms with E-state index in [0.717, 1.165) is 38.8 Å². The van der Waals surface area contributed by atoms with Gasteiger partial charge in [0.25, 0.3) is 0 Å². The number of halogens is 1. The number of piperidine rings is 1. The molecule has 0 aliphatic carbocycles. The first-order chi connectivity index (χ1) is 11.1. The largest absolute Gasteiger partial charge is 0.378 e. The number of carbonyl (C=O) groups is 1. The fourth-order valence-electron chi connectivity index (χ4n) is 3.98. The maximum Gasteiger partial charge on any atom is 0.226 e. The van der Waals surface area contributed by atoms with Gasteiger partial charge in [-0.25, -0.2) is 0 Å². The predicted octanol–water partition coefficient (Wildman–Crippen LogP) is 3.23. The molecule has 134 valence electrons. The van der Waals surface area contributed by atoms with Crippen LogP contribution in [0, 0.1) is 5.92 Å². The van der Waals surface area contributed by atoms with Crippen LogP contribution in [-0.4, -0.2) is 44.0 Å². The number of nitrogens with one attached hydrogen (secondary N) is 1. The maximum absolute atomic E-state index is 13.0. The van der Waals surface area contributed by atoms with E-state index in [-0.39, 0.29) is 24.4 Å². The topological polar surface area (TPSA) is 35.6 Å². The molecule has 3 atom stereocenters. The molecule has 1 N–H and O–H groups in total. The van der Waals surface area contributed by atoms with Gasteiger partial charge in [-0.2, -0.15) is 0 Å². The van der Waals surface area contributed by atoms with Crippen molar-refractivity contribution in [3.8, 4) is 0 Å². The summed E-state index contributed by atoms with van der Waals surface area (Å²) >= 11 is 0. The predicted molar refractivity (Wildman–Crippen MR) is 102 cm³/mol. The molecule has 1 amide bonds. The average Bonchev–Trinajstić information content (AvgIpc) is 3.04. The molecule has 2 aliphatic heterocycles. The second-order valence-corrected chi connectivity index (χ2v) is 7.26. The molecule has 2 aliphatic rings. The van der Waals surface area contributed by atoms with E-state index in [1.54, 1.807) is 0 Å². The Labute approximate surface area is 152 Å². The summed E-state index contributed by atoms with van der Waals surface area (Å²) in [5.41, 5.74) is 2.49. The van der Waals surface area contributed by atoms with Crippen molar-refractivity contribution in [3.05, 3.63) is 29.8 Å². The molecule has 2 saturated heterocycles. The monoisotopic (exact) mass is 351 g/mol. The molecule has 0 aromatic heterocycles. The van der Waals surface area contributed by atoms with Gasteiger partial charge in [0.1, 0.15) is 0 Å². The number of likely N-dealkylation sites (tertiary alicyclic amines) is 1. The van der Waals surface area contributed by atoms with Gasteiger partial charge < -0.3 is 15.1 Å². The Morgan fingerprint density at radius 2 is 2.08 bits per heavy atom. The number of rotatable bonds is 3. The van der Waals surface area contributed by atoms with Crippen LogP contribution in [0.4, 0.5) is 5.69 Å². The summed E-state index contributed by atoms with van der Waals surface area (Å²) in [7, 11) is 4.13. The second kappa shape index (κ2) is 8.21. The molecule has 0 radical (unpaired) electrons. The fourth-order valence-corrected chi connectivity index (χ4v) is 3.98. The van der Waals surface area contributed by atoms with Crippen LogP contribution in [0.15, 0.2) is 24.3 Å². The zero-order chi connectivity index (χ0) is 16.4. The van der Waals surface area contributed by atoms with E-state index >= 15 is 0 Å². The number of hydrogen-bond donors (Lipinski definition) is 1. The summed E-state index contributed by atoms with van der Waals surface area (Å²) in [4.78, 5) is 17.3. The number of carbonyl (C=O) groups excluding carboxylic acids is 1. The first-order valence-electron chi connectivity index (χ1n) is 8.87. The molecule has 0 saturated carbocycles. The van der Waals surface area contributed by atoms with E-state index < -0.39 is 0 Å². The van der Waals surface area contributed by atoms with E-state index in [4.69, 9.17) is 0 Å². The molecular weight excluding hydrogens is 322 g/mol. The SMILES string of the molecule is C[C@H]1C[C@@H](C(=O)N2CCCC2c2cccc(N(C)C)c2)CCN1.Cl. The molecule has 4 nitrogen and oxygen atoms in total. The van der Waals surface area contributed by atoms with Crippen molar-refractivity contribution in [2.45, 2.75) is 44.7 Å². The average molecular weight is 352 g/mol. The zero-order valence-electron chi connectivity index (χ0n) is 15.0. The van der Waals surface area contributed by atoms with Gasteiger partial charge in [0.05, 0.1) is 6.04 Å². The number of anilines is 1. The Kier molecular flexibility index (Phi) is 6.53. The van der Waals surface area contributed by atoms with Gasteiger partial charge in [-0.1, -0.05) is 12.1 Å². The van der Waals surface area contributed by atoms with Crippen LogP contribution in [0.5, 0.6) is 0 Å². The van der Waals surface area contributed by atoms with Crippen LogP contribution in [-0.2, 0) is 4.79 Å². The van der Waals surface area contributed by atoms with Gasteiger partial charge in [0.15, 0.2) is 0 Å². The molecule has 24 heavy (non-hydrogen) atoms. The molecule has 2 heterocycles. The van der Waals surface area contributed by atoms with Crippen LogP contribution in [0.25, 0.3) is 0 Å². The van der Waals surface area contributed by atoms with Crippen molar-refractivity contribution in [1.29, 1.82) is 0 Å². The van der Waals surface area contributed by atoms with Crippen LogP contribution < -0.4 is 10.2 Å². The molecule has 1 aromatic carbocycles. The van der Waals surface area contributed by atoms with Crippen LogP contribution in [0.1, 0.15) is 44.2 Å². The zero-order valence-corrected chi connectivity index (χ0v) is 15.8. The quantitative estimate of drug-likeness (QED) is 0.908. The molecule has 2 fully saturated rings. The standard InChI is InChI=1S/C19H29N3O.ClH/c1-14-12-16(9-10-20-14)19(23)22-11-5-8-18(22)15-6-4-7-17(13-15)21(2)3;/h4,6-7,13-14,16,18,20H,5,8-12H2,1-3H3;1H/t14-,16-,18?;/m0./s1. The van der Waals surface area contributed by atoms with E-state index in [9.17, 15) is 4.79 Å². The van der Waals surface area contributed by atoms with E-state index in [2.05, 4.69) is 60.4 Å². The lowest BCUT2D eigenvalue weighted by Gasteiger charge is -2.33. The summed E-state index contributed by atoms with van der Waals surface area (Å²) in [6.07, 6.45) is 4.15. The molecule has 0 bridgehead atoms. The van der Waals surface area contributed by atoms with Crippen molar-refractivity contribution < 1.29 is 4.79 Å². The van der Waals surface area contributed by atoms with Gasteiger partial charge in [0, 0.05) is 38.3 Å².